The lowest BCUT2D eigenvalue weighted by atomic mass is 9.99. The Labute approximate surface area is 109 Å². The third kappa shape index (κ3) is 2.11. The molecule has 0 saturated carbocycles. The third-order valence-electron chi connectivity index (χ3n) is 4.03. The average molecular weight is 269 g/mol. The number of para-hydroxylation sites is 1. The van der Waals surface area contributed by atoms with Crippen molar-refractivity contribution < 1.29 is 18.0 Å². The summed E-state index contributed by atoms with van der Waals surface area (Å²) in [5, 5.41) is 0. The molecule has 0 aliphatic carbocycles. The number of Topliss-reactive ketones (excluding diaryl/α,β-unsaturated/α-hetero) is 1. The van der Waals surface area contributed by atoms with E-state index in [1.54, 1.807) is 6.07 Å². The number of ketones is 1. The molecule has 0 amide bonds. The van der Waals surface area contributed by atoms with Gasteiger partial charge in [0.25, 0.3) is 0 Å². The normalized spacial score (nSPS) is 26.9. The quantitative estimate of drug-likeness (QED) is 0.778. The number of nitrogens with zero attached hydrogens (tertiary/aromatic N) is 1. The first-order valence-electron chi connectivity index (χ1n) is 6.43. The van der Waals surface area contributed by atoms with Crippen molar-refractivity contribution in [3.63, 3.8) is 0 Å². The monoisotopic (exact) mass is 269 g/mol. The van der Waals surface area contributed by atoms with E-state index >= 15 is 0 Å². The maximum absolute atomic E-state index is 13.1. The average Bonchev–Trinajstić information content (AvgIpc) is 2.60. The molecule has 2 fully saturated rings. The van der Waals surface area contributed by atoms with Crippen LogP contribution in [-0.2, 0) is 11.0 Å². The molecule has 2 aliphatic rings. The van der Waals surface area contributed by atoms with Crippen LogP contribution in [0.25, 0.3) is 0 Å². The van der Waals surface area contributed by atoms with Gasteiger partial charge in [-0.15, -0.1) is 0 Å². The van der Waals surface area contributed by atoms with Crippen molar-refractivity contribution >= 4 is 11.5 Å². The first-order chi connectivity index (χ1) is 8.97. The molecule has 0 N–H and O–H groups in total. The van der Waals surface area contributed by atoms with E-state index in [1.807, 2.05) is 4.90 Å². The van der Waals surface area contributed by atoms with E-state index in [0.29, 0.717) is 12.8 Å². The van der Waals surface area contributed by atoms with Crippen molar-refractivity contribution in [2.24, 2.45) is 0 Å². The van der Waals surface area contributed by atoms with Gasteiger partial charge in [-0.1, -0.05) is 12.1 Å². The van der Waals surface area contributed by atoms with Crippen LogP contribution in [0, 0.1) is 0 Å². The molecule has 2 aliphatic heterocycles. The van der Waals surface area contributed by atoms with Gasteiger partial charge < -0.3 is 4.90 Å². The number of halogens is 3. The predicted molar refractivity (Wildman–Crippen MR) is 65.0 cm³/mol. The molecule has 2 saturated heterocycles. The topological polar surface area (TPSA) is 20.3 Å². The zero-order valence-electron chi connectivity index (χ0n) is 10.3. The van der Waals surface area contributed by atoms with Gasteiger partial charge in [0.05, 0.1) is 5.56 Å². The molecule has 1 aromatic carbocycles. The number of rotatable bonds is 1. The van der Waals surface area contributed by atoms with Crippen molar-refractivity contribution in [1.82, 2.24) is 0 Å². The summed E-state index contributed by atoms with van der Waals surface area (Å²) >= 11 is 0. The van der Waals surface area contributed by atoms with E-state index in [-0.39, 0.29) is 23.6 Å². The van der Waals surface area contributed by atoms with Gasteiger partial charge in [-0.3, -0.25) is 4.79 Å². The number of hydrogen-bond donors (Lipinski definition) is 0. The number of carbonyl (C=O) groups excluding carboxylic acids is 1. The summed E-state index contributed by atoms with van der Waals surface area (Å²) in [4.78, 5) is 13.4. The maximum atomic E-state index is 13.1. The summed E-state index contributed by atoms with van der Waals surface area (Å²) in [6, 6.07) is 5.54. The van der Waals surface area contributed by atoms with Gasteiger partial charge in [-0.2, -0.15) is 13.2 Å². The Morgan fingerprint density at radius 2 is 1.63 bits per heavy atom. The molecular weight excluding hydrogens is 255 g/mol. The van der Waals surface area contributed by atoms with Gasteiger partial charge >= 0.3 is 6.18 Å². The fraction of sp³-hybridized carbons (Fsp3) is 0.500. The molecule has 1 aromatic rings. The minimum absolute atomic E-state index is 0.0604. The molecule has 0 aromatic heterocycles. The number of alkyl halides is 3. The van der Waals surface area contributed by atoms with Crippen molar-refractivity contribution in [2.75, 3.05) is 4.90 Å². The minimum atomic E-state index is -4.35. The lowest BCUT2D eigenvalue weighted by molar-refractivity contribution is -0.137. The van der Waals surface area contributed by atoms with Crippen molar-refractivity contribution in [2.45, 2.75) is 43.9 Å². The fourth-order valence-corrected chi connectivity index (χ4v) is 3.30. The summed E-state index contributed by atoms with van der Waals surface area (Å²) < 4.78 is 39.2. The largest absolute Gasteiger partial charge is 0.418 e. The standard InChI is InChI=1S/C14H14F3NO/c15-14(16,17)12-3-1-2-4-13(12)18-9-5-6-10(18)8-11(19)7-9/h1-4,9-10H,5-8H2. The van der Waals surface area contributed by atoms with E-state index in [0.717, 1.165) is 18.9 Å². The third-order valence-corrected chi connectivity index (χ3v) is 4.03. The van der Waals surface area contributed by atoms with E-state index in [1.165, 1.54) is 12.1 Å². The Morgan fingerprint density at radius 1 is 1.05 bits per heavy atom. The van der Waals surface area contributed by atoms with Crippen LogP contribution in [0.15, 0.2) is 24.3 Å². The van der Waals surface area contributed by atoms with Gasteiger partial charge in [0.15, 0.2) is 0 Å². The van der Waals surface area contributed by atoms with Gasteiger partial charge in [0.1, 0.15) is 5.78 Å². The van der Waals surface area contributed by atoms with E-state index in [2.05, 4.69) is 0 Å². The molecule has 2 unspecified atom stereocenters. The molecule has 2 heterocycles. The Morgan fingerprint density at radius 3 is 2.21 bits per heavy atom. The summed E-state index contributed by atoms with van der Waals surface area (Å²) in [5.41, 5.74) is -0.365. The molecule has 2 atom stereocenters. The van der Waals surface area contributed by atoms with Crippen LogP contribution in [0.5, 0.6) is 0 Å². The molecule has 3 rings (SSSR count). The number of hydrogen-bond acceptors (Lipinski definition) is 2. The van der Waals surface area contributed by atoms with Crippen LogP contribution >= 0.6 is 0 Å². The summed E-state index contributed by atoms with van der Waals surface area (Å²) in [7, 11) is 0. The van der Waals surface area contributed by atoms with Crippen molar-refractivity contribution in [3.05, 3.63) is 29.8 Å². The van der Waals surface area contributed by atoms with E-state index < -0.39 is 11.7 Å². The van der Waals surface area contributed by atoms with Crippen LogP contribution in [0.2, 0.25) is 0 Å². The second-order valence-electron chi connectivity index (χ2n) is 5.25. The van der Waals surface area contributed by atoms with Gasteiger partial charge in [0, 0.05) is 30.6 Å². The number of carbonyl (C=O) groups is 1. The van der Waals surface area contributed by atoms with Crippen LogP contribution in [0.4, 0.5) is 18.9 Å². The Hall–Kier alpha value is -1.52. The second-order valence-corrected chi connectivity index (χ2v) is 5.25. The molecule has 2 bridgehead atoms. The molecule has 102 valence electrons. The zero-order valence-corrected chi connectivity index (χ0v) is 10.3. The number of fused-ring (bicyclic) bond motifs is 2. The maximum Gasteiger partial charge on any atom is 0.418 e. The SMILES string of the molecule is O=C1CC2CCC(C1)N2c1ccccc1C(F)(F)F. The highest BCUT2D eigenvalue weighted by atomic mass is 19.4. The van der Waals surface area contributed by atoms with Crippen LogP contribution < -0.4 is 4.90 Å². The van der Waals surface area contributed by atoms with Gasteiger partial charge in [-0.25, -0.2) is 0 Å². The number of benzene rings is 1. The molecule has 19 heavy (non-hydrogen) atoms. The highest BCUT2D eigenvalue weighted by Crippen LogP contribution is 2.43. The highest BCUT2D eigenvalue weighted by Gasteiger charge is 2.43. The predicted octanol–water partition coefficient (Wildman–Crippen LogP) is 3.41. The zero-order chi connectivity index (χ0) is 13.6. The Bertz CT molecular complexity index is 496. The van der Waals surface area contributed by atoms with Gasteiger partial charge in [-0.05, 0) is 25.0 Å². The van der Waals surface area contributed by atoms with E-state index in [9.17, 15) is 18.0 Å². The lowest BCUT2D eigenvalue weighted by Gasteiger charge is -2.37. The van der Waals surface area contributed by atoms with Crippen molar-refractivity contribution in [1.29, 1.82) is 0 Å². The first kappa shape index (κ1) is 12.5. The van der Waals surface area contributed by atoms with Crippen LogP contribution in [0.1, 0.15) is 31.2 Å². The van der Waals surface area contributed by atoms with Gasteiger partial charge in [0.2, 0.25) is 0 Å². The molecule has 0 spiro atoms. The van der Waals surface area contributed by atoms with Crippen LogP contribution in [-0.4, -0.2) is 17.9 Å². The second kappa shape index (κ2) is 4.25. The summed E-state index contributed by atoms with van der Waals surface area (Å²) in [6.07, 6.45) is -1.98. The Kier molecular flexibility index (Phi) is 2.80. The summed E-state index contributed by atoms with van der Waals surface area (Å²) in [6.45, 7) is 0. The minimum Gasteiger partial charge on any atom is -0.364 e. The summed E-state index contributed by atoms with van der Waals surface area (Å²) in [5.74, 6) is 0.174. The van der Waals surface area contributed by atoms with Crippen molar-refractivity contribution in [3.8, 4) is 0 Å². The lowest BCUT2D eigenvalue weighted by Crippen LogP contribution is -2.44. The molecule has 5 heteroatoms. The first-order valence-corrected chi connectivity index (χ1v) is 6.43. The van der Waals surface area contributed by atoms with E-state index in [4.69, 9.17) is 0 Å². The fourth-order valence-electron chi connectivity index (χ4n) is 3.30. The highest BCUT2D eigenvalue weighted by molar-refractivity contribution is 5.83. The van der Waals surface area contributed by atoms with Crippen LogP contribution in [0.3, 0.4) is 0 Å². The number of anilines is 1. The molecular formula is C14H14F3NO. The smallest absolute Gasteiger partial charge is 0.364 e. The number of piperidine rings is 1. The molecule has 0 radical (unpaired) electrons. The Balaban J connectivity index is 2.02. The molecule has 2 nitrogen and oxygen atoms in total.